The first-order chi connectivity index (χ1) is 8.83. The van der Waals surface area contributed by atoms with Crippen LogP contribution in [0.3, 0.4) is 0 Å². The number of carbonyl (C=O) groups is 3. The zero-order valence-electron chi connectivity index (χ0n) is 11.5. The average Bonchev–Trinajstić information content (AvgIpc) is 2.56. The third-order valence-electron chi connectivity index (χ3n) is 4.40. The van der Waals surface area contributed by atoms with Gasteiger partial charge in [-0.05, 0) is 26.2 Å². The van der Waals surface area contributed by atoms with E-state index in [1.807, 2.05) is 6.92 Å². The van der Waals surface area contributed by atoms with E-state index in [-0.39, 0.29) is 29.6 Å². The van der Waals surface area contributed by atoms with E-state index in [4.69, 9.17) is 4.74 Å². The Bertz CT molecular complexity index is 451. The van der Waals surface area contributed by atoms with Gasteiger partial charge in [-0.15, -0.1) is 0 Å². The highest BCUT2D eigenvalue weighted by Gasteiger charge is 2.50. The Balaban J connectivity index is 2.04. The minimum Gasteiger partial charge on any atom is -0.458 e. The number of hydrogen-bond donors (Lipinski definition) is 0. The Morgan fingerprint density at radius 1 is 1.47 bits per heavy atom. The Hall–Kier alpha value is -1.45. The maximum absolute atomic E-state index is 12.3. The van der Waals surface area contributed by atoms with Gasteiger partial charge in [-0.2, -0.15) is 0 Å². The Kier molecular flexibility index (Phi) is 3.61. The van der Waals surface area contributed by atoms with Gasteiger partial charge in [0.2, 0.25) is 0 Å². The summed E-state index contributed by atoms with van der Waals surface area (Å²) < 4.78 is 5.29. The van der Waals surface area contributed by atoms with Crippen molar-refractivity contribution < 1.29 is 19.1 Å². The van der Waals surface area contributed by atoms with E-state index in [9.17, 15) is 14.4 Å². The lowest BCUT2D eigenvalue weighted by Gasteiger charge is -2.37. The molecule has 0 spiro atoms. The van der Waals surface area contributed by atoms with E-state index < -0.39 is 5.41 Å². The van der Waals surface area contributed by atoms with Crippen LogP contribution in [0.5, 0.6) is 0 Å². The van der Waals surface area contributed by atoms with E-state index in [1.54, 1.807) is 6.92 Å². The SMILES string of the molecule is C=C1C(=O)O[C@H]2C[C@](C)(CCCC(C)=O)C(=O)C[C@@H]12. The Morgan fingerprint density at radius 3 is 2.79 bits per heavy atom. The summed E-state index contributed by atoms with van der Waals surface area (Å²) in [5.41, 5.74) is -0.0363. The predicted octanol–water partition coefficient (Wildman–Crippen LogP) is 2.21. The molecule has 1 saturated heterocycles. The number of ketones is 2. The van der Waals surface area contributed by atoms with Gasteiger partial charge in [0.05, 0.1) is 0 Å². The third kappa shape index (κ3) is 2.62. The molecular weight excluding hydrogens is 244 g/mol. The van der Waals surface area contributed by atoms with Gasteiger partial charge in [0.25, 0.3) is 0 Å². The molecule has 0 radical (unpaired) electrons. The lowest BCUT2D eigenvalue weighted by Crippen LogP contribution is -2.41. The summed E-state index contributed by atoms with van der Waals surface area (Å²) in [5.74, 6) is -0.196. The van der Waals surface area contributed by atoms with Crippen LogP contribution in [0.2, 0.25) is 0 Å². The van der Waals surface area contributed by atoms with E-state index >= 15 is 0 Å². The first kappa shape index (κ1) is 14.0. The van der Waals surface area contributed by atoms with Crippen LogP contribution >= 0.6 is 0 Å². The van der Waals surface area contributed by atoms with Gasteiger partial charge in [0.1, 0.15) is 17.7 Å². The first-order valence-electron chi connectivity index (χ1n) is 6.76. The summed E-state index contributed by atoms with van der Waals surface area (Å²) in [5, 5.41) is 0. The second-order valence-corrected chi connectivity index (χ2v) is 6.02. The van der Waals surface area contributed by atoms with Crippen molar-refractivity contribution in [2.45, 2.75) is 52.1 Å². The molecular formula is C15H20O4. The minimum absolute atomic E-state index is 0.138. The molecule has 0 aromatic carbocycles. The molecule has 1 aliphatic carbocycles. The molecule has 1 saturated carbocycles. The van der Waals surface area contributed by atoms with Crippen molar-refractivity contribution in [1.82, 2.24) is 0 Å². The van der Waals surface area contributed by atoms with Gasteiger partial charge in [0.15, 0.2) is 0 Å². The van der Waals surface area contributed by atoms with Crippen LogP contribution in [0.4, 0.5) is 0 Å². The summed E-state index contributed by atoms with van der Waals surface area (Å²) in [6.07, 6.45) is 2.58. The van der Waals surface area contributed by atoms with Crippen LogP contribution in [0.25, 0.3) is 0 Å². The molecule has 19 heavy (non-hydrogen) atoms. The molecule has 1 heterocycles. The van der Waals surface area contributed by atoms with Gasteiger partial charge < -0.3 is 9.53 Å². The lowest BCUT2D eigenvalue weighted by molar-refractivity contribution is -0.146. The van der Waals surface area contributed by atoms with Crippen molar-refractivity contribution in [2.75, 3.05) is 0 Å². The van der Waals surface area contributed by atoms with Crippen molar-refractivity contribution in [2.24, 2.45) is 11.3 Å². The second kappa shape index (κ2) is 4.91. The second-order valence-electron chi connectivity index (χ2n) is 6.02. The van der Waals surface area contributed by atoms with E-state index in [2.05, 4.69) is 6.58 Å². The standard InChI is InChI=1S/C15H20O4/c1-9(16)5-4-6-15(3)8-12-11(7-13(15)17)10(2)14(18)19-12/h11-12H,2,4-8H2,1,3H3/t11-,12-,15-/m0/s1. The summed E-state index contributed by atoms with van der Waals surface area (Å²) in [7, 11) is 0. The summed E-state index contributed by atoms with van der Waals surface area (Å²) >= 11 is 0. The fraction of sp³-hybridized carbons (Fsp3) is 0.667. The predicted molar refractivity (Wildman–Crippen MR) is 69.4 cm³/mol. The average molecular weight is 264 g/mol. The number of Topliss-reactive ketones (excluding diaryl/α,β-unsaturated/α-hetero) is 2. The molecule has 4 nitrogen and oxygen atoms in total. The number of esters is 1. The monoisotopic (exact) mass is 264 g/mol. The van der Waals surface area contributed by atoms with Gasteiger partial charge in [-0.25, -0.2) is 4.79 Å². The molecule has 0 bridgehead atoms. The molecule has 104 valence electrons. The molecule has 0 N–H and O–H groups in total. The Morgan fingerprint density at radius 2 is 2.16 bits per heavy atom. The summed E-state index contributed by atoms with van der Waals surface area (Å²) in [6, 6.07) is 0. The molecule has 2 rings (SSSR count). The quantitative estimate of drug-likeness (QED) is 0.577. The molecule has 2 aliphatic rings. The lowest BCUT2D eigenvalue weighted by atomic mass is 9.66. The zero-order valence-corrected chi connectivity index (χ0v) is 11.5. The molecule has 0 aromatic heterocycles. The highest BCUT2D eigenvalue weighted by molar-refractivity contribution is 5.94. The number of ether oxygens (including phenoxy) is 1. The minimum atomic E-state index is -0.471. The fourth-order valence-corrected chi connectivity index (χ4v) is 3.08. The normalized spacial score (nSPS) is 34.1. The van der Waals surface area contributed by atoms with E-state index in [0.717, 1.165) is 0 Å². The van der Waals surface area contributed by atoms with Crippen LogP contribution in [-0.2, 0) is 19.1 Å². The molecule has 0 unspecified atom stereocenters. The highest BCUT2D eigenvalue weighted by atomic mass is 16.6. The number of fused-ring (bicyclic) bond motifs is 1. The van der Waals surface area contributed by atoms with Crippen molar-refractivity contribution in [1.29, 1.82) is 0 Å². The van der Waals surface area contributed by atoms with Gasteiger partial charge in [-0.3, -0.25) is 4.79 Å². The smallest absolute Gasteiger partial charge is 0.334 e. The molecule has 0 aromatic rings. The van der Waals surface area contributed by atoms with Crippen molar-refractivity contribution in [3.63, 3.8) is 0 Å². The number of hydrogen-bond acceptors (Lipinski definition) is 4. The van der Waals surface area contributed by atoms with Crippen molar-refractivity contribution in [3.8, 4) is 0 Å². The fourth-order valence-electron chi connectivity index (χ4n) is 3.08. The van der Waals surface area contributed by atoms with Gasteiger partial charge in [0, 0.05) is 29.7 Å². The van der Waals surface area contributed by atoms with Crippen LogP contribution in [0.15, 0.2) is 12.2 Å². The zero-order chi connectivity index (χ0) is 14.2. The third-order valence-corrected chi connectivity index (χ3v) is 4.40. The highest BCUT2D eigenvalue weighted by Crippen LogP contribution is 2.46. The Labute approximate surface area is 113 Å². The molecule has 2 fully saturated rings. The van der Waals surface area contributed by atoms with E-state index in [0.29, 0.717) is 37.7 Å². The summed E-state index contributed by atoms with van der Waals surface area (Å²) in [4.78, 5) is 34.8. The van der Waals surface area contributed by atoms with E-state index in [1.165, 1.54) is 0 Å². The molecule has 1 aliphatic heterocycles. The molecule has 3 atom stereocenters. The molecule has 4 heteroatoms. The topological polar surface area (TPSA) is 60.4 Å². The number of rotatable bonds is 4. The van der Waals surface area contributed by atoms with Crippen LogP contribution in [0.1, 0.15) is 46.0 Å². The largest absolute Gasteiger partial charge is 0.458 e. The van der Waals surface area contributed by atoms with Gasteiger partial charge in [-0.1, -0.05) is 13.5 Å². The van der Waals surface area contributed by atoms with Crippen LogP contribution in [0, 0.1) is 11.3 Å². The van der Waals surface area contributed by atoms with Crippen molar-refractivity contribution in [3.05, 3.63) is 12.2 Å². The maximum atomic E-state index is 12.3. The van der Waals surface area contributed by atoms with Crippen molar-refractivity contribution >= 4 is 17.5 Å². The number of carbonyl (C=O) groups excluding carboxylic acids is 3. The summed E-state index contributed by atoms with van der Waals surface area (Å²) in [6.45, 7) is 7.19. The maximum Gasteiger partial charge on any atom is 0.334 e. The molecule has 0 amide bonds. The van der Waals surface area contributed by atoms with Crippen LogP contribution in [-0.4, -0.2) is 23.6 Å². The van der Waals surface area contributed by atoms with Crippen LogP contribution < -0.4 is 0 Å². The first-order valence-corrected chi connectivity index (χ1v) is 6.76. The van der Waals surface area contributed by atoms with Gasteiger partial charge >= 0.3 is 5.97 Å².